The van der Waals surface area contributed by atoms with E-state index in [4.69, 9.17) is 4.74 Å². The molecule has 1 aromatic rings. The molecule has 2 fully saturated rings. The highest BCUT2D eigenvalue weighted by Gasteiger charge is 2.42. The van der Waals surface area contributed by atoms with Gasteiger partial charge >= 0.3 is 0 Å². The third kappa shape index (κ3) is 3.52. The third-order valence-corrected chi connectivity index (χ3v) is 4.76. The molecule has 0 aromatic carbocycles. The summed E-state index contributed by atoms with van der Waals surface area (Å²) >= 11 is 3.25. The molecule has 21 heavy (non-hydrogen) atoms. The molecule has 0 spiro atoms. The molecular formula is C16H20BrN3O. The molecule has 1 aromatic heterocycles. The zero-order chi connectivity index (χ0) is 14.5. The first-order chi connectivity index (χ1) is 10.4. The van der Waals surface area contributed by atoms with Gasteiger partial charge in [0, 0.05) is 42.3 Å². The minimum atomic E-state index is 0.449. The van der Waals surface area contributed by atoms with Crippen LogP contribution in [0.1, 0.15) is 18.5 Å². The monoisotopic (exact) mass is 349 g/mol. The molecular weight excluding hydrogens is 330 g/mol. The van der Waals surface area contributed by atoms with E-state index in [0.717, 1.165) is 30.0 Å². The van der Waals surface area contributed by atoms with Gasteiger partial charge < -0.3 is 10.1 Å². The fourth-order valence-electron chi connectivity index (χ4n) is 3.15. The number of nitrogens with zero attached hydrogens (tertiary/aromatic N) is 2. The number of ether oxygens (including phenoxy) is 1. The lowest BCUT2D eigenvalue weighted by Gasteiger charge is -2.26. The summed E-state index contributed by atoms with van der Waals surface area (Å²) in [6.07, 6.45) is 14.5. The minimum absolute atomic E-state index is 0.449. The van der Waals surface area contributed by atoms with Crippen molar-refractivity contribution in [3.8, 4) is 0 Å². The summed E-state index contributed by atoms with van der Waals surface area (Å²) in [4.78, 5) is 7.85. The van der Waals surface area contributed by atoms with E-state index in [9.17, 15) is 0 Å². The van der Waals surface area contributed by atoms with Crippen molar-refractivity contribution in [1.29, 1.82) is 0 Å². The number of rotatable bonds is 1. The summed E-state index contributed by atoms with van der Waals surface area (Å²) < 4.78 is 5.92. The molecule has 4 rings (SSSR count). The van der Waals surface area contributed by atoms with E-state index < -0.39 is 0 Å². The van der Waals surface area contributed by atoms with E-state index in [2.05, 4.69) is 49.4 Å². The van der Waals surface area contributed by atoms with Gasteiger partial charge in [-0.15, -0.1) is 0 Å². The Hall–Kier alpha value is -1.20. The van der Waals surface area contributed by atoms with Crippen LogP contribution >= 0.6 is 15.9 Å². The number of halogens is 1. The van der Waals surface area contributed by atoms with Gasteiger partial charge in [0.25, 0.3) is 0 Å². The van der Waals surface area contributed by atoms with Crippen molar-refractivity contribution in [2.24, 2.45) is 11.8 Å². The Kier molecular flexibility index (Phi) is 5.04. The molecule has 0 saturated carbocycles. The summed E-state index contributed by atoms with van der Waals surface area (Å²) in [7, 11) is 0. The van der Waals surface area contributed by atoms with E-state index in [-0.39, 0.29) is 0 Å². The summed E-state index contributed by atoms with van der Waals surface area (Å²) in [5.74, 6) is 2.70. The summed E-state index contributed by atoms with van der Waals surface area (Å²) in [6.45, 7) is 2.20. The van der Waals surface area contributed by atoms with E-state index in [1.54, 1.807) is 18.6 Å². The highest BCUT2D eigenvalue weighted by Crippen LogP contribution is 2.42. The van der Waals surface area contributed by atoms with Gasteiger partial charge in [0.15, 0.2) is 0 Å². The number of piperidine rings is 1. The van der Waals surface area contributed by atoms with Crippen LogP contribution in [-0.4, -0.2) is 29.2 Å². The average Bonchev–Trinajstić information content (AvgIpc) is 2.95. The quantitative estimate of drug-likeness (QED) is 0.792. The van der Waals surface area contributed by atoms with Gasteiger partial charge in [0.1, 0.15) is 11.9 Å². The molecule has 3 heterocycles. The highest BCUT2D eigenvalue weighted by atomic mass is 79.9. The van der Waals surface area contributed by atoms with Crippen LogP contribution < -0.4 is 5.32 Å². The van der Waals surface area contributed by atoms with E-state index in [1.807, 2.05) is 0 Å². The molecule has 1 N–H and O–H groups in total. The number of allylic oxidation sites excluding steroid dienone is 4. The van der Waals surface area contributed by atoms with Crippen molar-refractivity contribution >= 4 is 15.9 Å². The van der Waals surface area contributed by atoms with Crippen LogP contribution in [0.4, 0.5) is 0 Å². The highest BCUT2D eigenvalue weighted by molar-refractivity contribution is 9.08. The molecule has 3 atom stereocenters. The normalized spacial score (nSPS) is 29.4. The van der Waals surface area contributed by atoms with Crippen LogP contribution in [0.25, 0.3) is 0 Å². The van der Waals surface area contributed by atoms with Crippen LogP contribution in [0, 0.1) is 11.8 Å². The standard InChI is InChI=1S/C11H15NO.C5H5BrN2/c1-2-4-10-8(3-1)9-5-6-12-7-11(9)13-10;6-3-5-4-7-1-2-8-5/h1-2,4,8-9,11-12H,3,5-7H2;1-2,4H,3H2. The molecule has 3 unspecified atom stereocenters. The molecule has 112 valence electrons. The van der Waals surface area contributed by atoms with Gasteiger partial charge in [-0.2, -0.15) is 0 Å². The molecule has 1 aliphatic carbocycles. The predicted molar refractivity (Wildman–Crippen MR) is 85.8 cm³/mol. The Morgan fingerprint density at radius 2 is 2.33 bits per heavy atom. The third-order valence-electron chi connectivity index (χ3n) is 4.19. The maximum Gasteiger partial charge on any atom is 0.114 e. The van der Waals surface area contributed by atoms with Crippen LogP contribution in [0.15, 0.2) is 42.6 Å². The van der Waals surface area contributed by atoms with E-state index in [1.165, 1.54) is 18.6 Å². The number of alkyl halides is 1. The average molecular weight is 350 g/mol. The molecule has 2 aliphatic heterocycles. The van der Waals surface area contributed by atoms with Gasteiger partial charge in [-0.1, -0.05) is 28.1 Å². The first-order valence-electron chi connectivity index (χ1n) is 7.43. The lowest BCUT2D eigenvalue weighted by atomic mass is 9.81. The Morgan fingerprint density at radius 3 is 3.10 bits per heavy atom. The van der Waals surface area contributed by atoms with Gasteiger partial charge in [-0.05, 0) is 25.5 Å². The van der Waals surface area contributed by atoms with Gasteiger partial charge in [0.2, 0.25) is 0 Å². The summed E-state index contributed by atoms with van der Waals surface area (Å²) in [6, 6.07) is 0. The van der Waals surface area contributed by atoms with Crippen LogP contribution in [0.2, 0.25) is 0 Å². The van der Waals surface area contributed by atoms with Crippen molar-refractivity contribution in [3.63, 3.8) is 0 Å². The Bertz CT molecular complexity index is 518. The lowest BCUT2D eigenvalue weighted by molar-refractivity contribution is 0.108. The van der Waals surface area contributed by atoms with Crippen LogP contribution in [-0.2, 0) is 10.1 Å². The zero-order valence-corrected chi connectivity index (χ0v) is 13.5. The van der Waals surface area contributed by atoms with Crippen molar-refractivity contribution < 1.29 is 4.74 Å². The van der Waals surface area contributed by atoms with Crippen molar-refractivity contribution in [2.45, 2.75) is 24.3 Å². The number of nitrogens with one attached hydrogen (secondary N) is 1. The van der Waals surface area contributed by atoms with E-state index >= 15 is 0 Å². The molecule has 3 aliphatic rings. The number of hydrogen-bond acceptors (Lipinski definition) is 4. The molecule has 0 radical (unpaired) electrons. The maximum atomic E-state index is 5.92. The summed E-state index contributed by atoms with van der Waals surface area (Å²) in [5.41, 5.74) is 0.965. The van der Waals surface area contributed by atoms with Crippen molar-refractivity contribution in [3.05, 3.63) is 48.3 Å². The topological polar surface area (TPSA) is 47.0 Å². The Balaban J connectivity index is 0.000000143. The summed E-state index contributed by atoms with van der Waals surface area (Å²) in [5, 5.41) is 4.17. The predicted octanol–water partition coefficient (Wildman–Crippen LogP) is 2.83. The largest absolute Gasteiger partial charge is 0.493 e. The van der Waals surface area contributed by atoms with Gasteiger partial charge in [0.05, 0.1) is 5.69 Å². The Labute approximate surface area is 133 Å². The van der Waals surface area contributed by atoms with E-state index in [0.29, 0.717) is 12.0 Å². The smallest absolute Gasteiger partial charge is 0.114 e. The second-order valence-corrected chi connectivity index (χ2v) is 6.04. The number of fused-ring (bicyclic) bond motifs is 3. The van der Waals surface area contributed by atoms with Gasteiger partial charge in [-0.25, -0.2) is 0 Å². The molecule has 4 nitrogen and oxygen atoms in total. The molecule has 0 amide bonds. The van der Waals surface area contributed by atoms with Crippen molar-refractivity contribution in [1.82, 2.24) is 15.3 Å². The first kappa shape index (κ1) is 14.7. The molecule has 5 heteroatoms. The number of hydrogen-bond donors (Lipinski definition) is 1. The second-order valence-electron chi connectivity index (χ2n) is 5.48. The zero-order valence-electron chi connectivity index (χ0n) is 11.9. The fourth-order valence-corrected chi connectivity index (χ4v) is 3.44. The van der Waals surface area contributed by atoms with Crippen LogP contribution in [0.5, 0.6) is 0 Å². The minimum Gasteiger partial charge on any atom is -0.493 e. The second kappa shape index (κ2) is 7.18. The SMILES string of the molecule is BrCc1cnccn1.C1=CCC2C(=C1)OC1CNCCC12. The Morgan fingerprint density at radius 1 is 1.38 bits per heavy atom. The lowest BCUT2D eigenvalue weighted by Crippen LogP contribution is -2.39. The van der Waals surface area contributed by atoms with Crippen molar-refractivity contribution in [2.75, 3.05) is 13.1 Å². The number of aromatic nitrogens is 2. The molecule has 2 saturated heterocycles. The maximum absolute atomic E-state index is 5.92. The fraction of sp³-hybridized carbons (Fsp3) is 0.500. The van der Waals surface area contributed by atoms with Gasteiger partial charge in [-0.3, -0.25) is 9.97 Å². The molecule has 0 bridgehead atoms. The first-order valence-corrected chi connectivity index (χ1v) is 8.55. The van der Waals surface area contributed by atoms with Crippen LogP contribution in [0.3, 0.4) is 0 Å².